The number of aromatic nitrogens is 2. The van der Waals surface area contributed by atoms with Gasteiger partial charge in [-0.05, 0) is 48.0 Å². The van der Waals surface area contributed by atoms with E-state index in [1.807, 2.05) is 42.5 Å². The highest BCUT2D eigenvalue weighted by molar-refractivity contribution is 5.54. The molecule has 0 saturated carbocycles. The van der Waals surface area contributed by atoms with Crippen LogP contribution in [0, 0.1) is 5.82 Å². The molecule has 0 amide bonds. The van der Waals surface area contributed by atoms with Crippen molar-refractivity contribution in [3.8, 4) is 11.5 Å². The number of hydrogen-bond donors (Lipinski definition) is 0. The van der Waals surface area contributed by atoms with Crippen molar-refractivity contribution in [1.82, 2.24) is 10.1 Å². The molecule has 1 fully saturated rings. The monoisotopic (exact) mass is 338 g/mol. The number of benzene rings is 2. The molecule has 2 heterocycles. The standard InChI is InChI=1S/C19H19FN4O/c20-16-7-9-17(10-8-16)23-11-4-12-24(14-13-23)19-21-18(25-22-19)15-5-2-1-3-6-15/h1-3,5-10H,4,11-14H2. The SMILES string of the molecule is Fc1ccc(N2CCCN(c3noc(-c4ccccc4)n3)CC2)cc1. The first-order valence-corrected chi connectivity index (χ1v) is 8.44. The first kappa shape index (κ1) is 15.6. The molecular formula is C19H19FN4O. The molecule has 0 atom stereocenters. The minimum atomic E-state index is -0.208. The molecule has 3 aromatic rings. The lowest BCUT2D eigenvalue weighted by Crippen LogP contribution is -2.31. The Kier molecular flexibility index (Phi) is 4.33. The summed E-state index contributed by atoms with van der Waals surface area (Å²) in [5.41, 5.74) is 1.96. The summed E-state index contributed by atoms with van der Waals surface area (Å²) in [5.74, 6) is 0.954. The maximum absolute atomic E-state index is 13.1. The van der Waals surface area contributed by atoms with Gasteiger partial charge >= 0.3 is 0 Å². The normalized spacial score (nSPS) is 15.2. The topological polar surface area (TPSA) is 45.4 Å². The highest BCUT2D eigenvalue weighted by Gasteiger charge is 2.20. The van der Waals surface area contributed by atoms with Crippen molar-refractivity contribution in [2.75, 3.05) is 36.0 Å². The van der Waals surface area contributed by atoms with Gasteiger partial charge in [0.05, 0.1) is 0 Å². The van der Waals surface area contributed by atoms with Gasteiger partial charge in [-0.2, -0.15) is 4.98 Å². The van der Waals surface area contributed by atoms with Crippen molar-refractivity contribution in [2.45, 2.75) is 6.42 Å². The lowest BCUT2D eigenvalue weighted by molar-refractivity contribution is 0.429. The Hall–Kier alpha value is -2.89. The number of anilines is 2. The third-order valence-electron chi connectivity index (χ3n) is 4.41. The van der Waals surface area contributed by atoms with Crippen LogP contribution >= 0.6 is 0 Å². The summed E-state index contributed by atoms with van der Waals surface area (Å²) in [4.78, 5) is 8.94. The van der Waals surface area contributed by atoms with Crippen LogP contribution in [0.1, 0.15) is 6.42 Å². The van der Waals surface area contributed by atoms with Crippen LogP contribution in [-0.4, -0.2) is 36.3 Å². The molecule has 1 aromatic heterocycles. The molecule has 0 radical (unpaired) electrons. The van der Waals surface area contributed by atoms with E-state index in [9.17, 15) is 4.39 Å². The Balaban J connectivity index is 1.46. The fraction of sp³-hybridized carbons (Fsp3) is 0.263. The van der Waals surface area contributed by atoms with E-state index < -0.39 is 0 Å². The molecule has 6 heteroatoms. The lowest BCUT2D eigenvalue weighted by Gasteiger charge is -2.23. The molecule has 1 saturated heterocycles. The zero-order valence-corrected chi connectivity index (χ0v) is 13.8. The first-order valence-electron chi connectivity index (χ1n) is 8.44. The second-order valence-corrected chi connectivity index (χ2v) is 6.07. The van der Waals surface area contributed by atoms with E-state index in [4.69, 9.17) is 4.52 Å². The molecule has 0 spiro atoms. The minimum Gasteiger partial charge on any atom is -0.370 e. The summed E-state index contributed by atoms with van der Waals surface area (Å²) in [7, 11) is 0. The largest absolute Gasteiger partial charge is 0.370 e. The molecule has 1 aliphatic heterocycles. The number of halogens is 1. The Labute approximate surface area is 145 Å². The van der Waals surface area contributed by atoms with Crippen molar-refractivity contribution in [3.63, 3.8) is 0 Å². The van der Waals surface area contributed by atoms with Crippen molar-refractivity contribution in [2.24, 2.45) is 0 Å². The van der Waals surface area contributed by atoms with Crippen LogP contribution in [-0.2, 0) is 0 Å². The van der Waals surface area contributed by atoms with Gasteiger partial charge in [-0.25, -0.2) is 4.39 Å². The summed E-state index contributed by atoms with van der Waals surface area (Å²) < 4.78 is 18.5. The van der Waals surface area contributed by atoms with E-state index >= 15 is 0 Å². The highest BCUT2D eigenvalue weighted by atomic mass is 19.1. The van der Waals surface area contributed by atoms with Crippen LogP contribution in [0.4, 0.5) is 16.0 Å². The second kappa shape index (κ2) is 6.93. The van der Waals surface area contributed by atoms with E-state index in [-0.39, 0.29) is 5.82 Å². The molecule has 0 aliphatic carbocycles. The summed E-state index contributed by atoms with van der Waals surface area (Å²) in [6, 6.07) is 16.4. The van der Waals surface area contributed by atoms with E-state index in [0.29, 0.717) is 11.8 Å². The van der Waals surface area contributed by atoms with Gasteiger partial charge in [0, 0.05) is 37.4 Å². The van der Waals surface area contributed by atoms with Crippen LogP contribution < -0.4 is 9.80 Å². The van der Waals surface area contributed by atoms with E-state index in [1.54, 1.807) is 0 Å². The number of nitrogens with zero attached hydrogens (tertiary/aromatic N) is 4. The summed E-state index contributed by atoms with van der Waals surface area (Å²) in [6.07, 6.45) is 0.979. The Morgan fingerprint density at radius 1 is 0.840 bits per heavy atom. The fourth-order valence-electron chi connectivity index (χ4n) is 3.07. The van der Waals surface area contributed by atoms with Crippen molar-refractivity contribution >= 4 is 11.6 Å². The van der Waals surface area contributed by atoms with Gasteiger partial charge < -0.3 is 14.3 Å². The van der Waals surface area contributed by atoms with Gasteiger partial charge in [0.1, 0.15) is 5.82 Å². The highest BCUT2D eigenvalue weighted by Crippen LogP contribution is 2.22. The van der Waals surface area contributed by atoms with Gasteiger partial charge in [0.25, 0.3) is 11.8 Å². The van der Waals surface area contributed by atoms with Crippen LogP contribution in [0.2, 0.25) is 0 Å². The van der Waals surface area contributed by atoms with Gasteiger partial charge in [0.2, 0.25) is 0 Å². The third-order valence-corrected chi connectivity index (χ3v) is 4.41. The average molecular weight is 338 g/mol. The quantitative estimate of drug-likeness (QED) is 0.730. The number of hydrogen-bond acceptors (Lipinski definition) is 5. The van der Waals surface area contributed by atoms with Gasteiger partial charge in [0.15, 0.2) is 0 Å². The fourth-order valence-corrected chi connectivity index (χ4v) is 3.07. The molecule has 0 N–H and O–H groups in total. The number of rotatable bonds is 3. The van der Waals surface area contributed by atoms with Crippen molar-refractivity contribution in [1.29, 1.82) is 0 Å². The van der Waals surface area contributed by atoms with Crippen LogP contribution in [0.15, 0.2) is 59.1 Å². The molecule has 2 aromatic carbocycles. The van der Waals surface area contributed by atoms with E-state index in [2.05, 4.69) is 19.9 Å². The lowest BCUT2D eigenvalue weighted by atomic mass is 10.2. The predicted octanol–water partition coefficient (Wildman–Crippen LogP) is 3.59. The molecule has 5 nitrogen and oxygen atoms in total. The molecule has 128 valence electrons. The average Bonchev–Trinajstić information content (AvgIpc) is 3.02. The van der Waals surface area contributed by atoms with Crippen molar-refractivity contribution in [3.05, 3.63) is 60.4 Å². The van der Waals surface area contributed by atoms with Crippen LogP contribution in [0.25, 0.3) is 11.5 Å². The van der Waals surface area contributed by atoms with E-state index in [0.717, 1.165) is 43.9 Å². The predicted molar refractivity (Wildman–Crippen MR) is 95.2 cm³/mol. The molecule has 25 heavy (non-hydrogen) atoms. The Morgan fingerprint density at radius 3 is 2.36 bits per heavy atom. The summed E-state index contributed by atoms with van der Waals surface area (Å²) >= 11 is 0. The summed E-state index contributed by atoms with van der Waals surface area (Å²) in [6.45, 7) is 3.42. The summed E-state index contributed by atoms with van der Waals surface area (Å²) in [5, 5.41) is 4.14. The zero-order chi connectivity index (χ0) is 17.1. The van der Waals surface area contributed by atoms with Crippen LogP contribution in [0.5, 0.6) is 0 Å². The maximum Gasteiger partial charge on any atom is 0.266 e. The van der Waals surface area contributed by atoms with E-state index in [1.165, 1.54) is 12.1 Å². The minimum absolute atomic E-state index is 0.208. The third kappa shape index (κ3) is 3.47. The van der Waals surface area contributed by atoms with Gasteiger partial charge in [-0.3, -0.25) is 0 Å². The molecule has 0 unspecified atom stereocenters. The van der Waals surface area contributed by atoms with Crippen molar-refractivity contribution < 1.29 is 8.91 Å². The zero-order valence-electron chi connectivity index (χ0n) is 13.8. The van der Waals surface area contributed by atoms with Gasteiger partial charge in [-0.1, -0.05) is 18.2 Å². The van der Waals surface area contributed by atoms with Gasteiger partial charge in [-0.15, -0.1) is 0 Å². The Bertz CT molecular complexity index is 819. The second-order valence-electron chi connectivity index (χ2n) is 6.07. The molecule has 1 aliphatic rings. The first-order chi connectivity index (χ1) is 12.3. The Morgan fingerprint density at radius 2 is 1.56 bits per heavy atom. The molecular weight excluding hydrogens is 319 g/mol. The maximum atomic E-state index is 13.1. The van der Waals surface area contributed by atoms with Crippen LogP contribution in [0.3, 0.4) is 0 Å². The molecule has 4 rings (SSSR count). The smallest absolute Gasteiger partial charge is 0.266 e. The molecule has 0 bridgehead atoms.